The monoisotopic (exact) mass is 424 g/mol. The van der Waals surface area contributed by atoms with Crippen LogP contribution >= 0.6 is 0 Å². The second-order valence-corrected chi connectivity index (χ2v) is 8.31. The highest BCUT2D eigenvalue weighted by Crippen LogP contribution is 2.20. The zero-order valence-electron chi connectivity index (χ0n) is 17.6. The van der Waals surface area contributed by atoms with Crippen molar-refractivity contribution in [1.82, 2.24) is 25.1 Å². The van der Waals surface area contributed by atoms with Gasteiger partial charge in [-0.3, -0.25) is 14.5 Å². The van der Waals surface area contributed by atoms with Crippen LogP contribution in [-0.2, 0) is 17.8 Å². The van der Waals surface area contributed by atoms with E-state index in [4.69, 9.17) is 0 Å². The number of aryl methyl sites for hydroxylation is 1. The van der Waals surface area contributed by atoms with Gasteiger partial charge in [0, 0.05) is 45.3 Å². The molecule has 1 aromatic carbocycles. The molecule has 2 amide bonds. The van der Waals surface area contributed by atoms with Crippen molar-refractivity contribution >= 4 is 18.1 Å². The molecule has 0 bridgehead atoms. The van der Waals surface area contributed by atoms with Crippen LogP contribution in [-0.4, -0.2) is 82.1 Å². The van der Waals surface area contributed by atoms with Crippen molar-refractivity contribution in [3.63, 3.8) is 0 Å². The zero-order chi connectivity index (χ0) is 21.8. The minimum Gasteiger partial charge on any atom is -0.390 e. The van der Waals surface area contributed by atoms with E-state index in [9.17, 15) is 14.7 Å². The van der Waals surface area contributed by atoms with Gasteiger partial charge in [0.25, 0.3) is 5.91 Å². The third-order valence-corrected chi connectivity index (χ3v) is 5.73. The van der Waals surface area contributed by atoms with Gasteiger partial charge in [0.2, 0.25) is 6.41 Å². The Balaban J connectivity index is 1.24. The second kappa shape index (κ2) is 9.40. The van der Waals surface area contributed by atoms with E-state index in [2.05, 4.69) is 50.6 Å². The van der Waals surface area contributed by atoms with Gasteiger partial charge in [-0.05, 0) is 24.5 Å². The molecule has 1 fully saturated rings. The highest BCUT2D eigenvalue weighted by molar-refractivity contribution is 5.92. The Labute approximate surface area is 181 Å². The Morgan fingerprint density at radius 1 is 1.29 bits per heavy atom. The molecule has 0 aliphatic carbocycles. The first kappa shape index (κ1) is 21.2. The number of likely N-dealkylation sites (tertiary alicyclic amines) is 1. The maximum absolute atomic E-state index is 12.5. The first-order valence-electron chi connectivity index (χ1n) is 10.5. The minimum absolute atomic E-state index is 0.122. The van der Waals surface area contributed by atoms with E-state index >= 15 is 0 Å². The first-order valence-corrected chi connectivity index (χ1v) is 10.5. The van der Waals surface area contributed by atoms with Gasteiger partial charge in [-0.2, -0.15) is 0 Å². The first-order chi connectivity index (χ1) is 15.0. The molecule has 1 unspecified atom stereocenters. The number of nitrogens with one attached hydrogen (secondary N) is 2. The smallest absolute Gasteiger partial charge is 0.270 e. The van der Waals surface area contributed by atoms with Gasteiger partial charge in [-0.1, -0.05) is 23.8 Å². The molecular formula is C22H28N6O3. The molecule has 3 N–H and O–H groups in total. The molecule has 0 saturated carbocycles. The van der Waals surface area contributed by atoms with E-state index in [1.165, 1.54) is 23.0 Å². The molecule has 2 aliphatic rings. The molecule has 2 aliphatic heterocycles. The molecule has 1 atom stereocenters. The number of hydrogen-bond donors (Lipinski definition) is 3. The Morgan fingerprint density at radius 2 is 2.13 bits per heavy atom. The lowest BCUT2D eigenvalue weighted by atomic mass is 9.97. The number of anilines is 1. The Bertz CT molecular complexity index is 947. The van der Waals surface area contributed by atoms with Gasteiger partial charge in [0.05, 0.1) is 12.1 Å². The summed E-state index contributed by atoms with van der Waals surface area (Å²) in [6.07, 6.45) is 2.44. The molecule has 164 valence electrons. The van der Waals surface area contributed by atoms with Crippen molar-refractivity contribution in [3.05, 3.63) is 53.0 Å². The van der Waals surface area contributed by atoms with Crippen molar-refractivity contribution < 1.29 is 14.7 Å². The highest BCUT2D eigenvalue weighted by atomic mass is 16.3. The molecule has 31 heavy (non-hydrogen) atoms. The Hall–Kier alpha value is -3.04. The van der Waals surface area contributed by atoms with Crippen molar-refractivity contribution in [3.8, 4) is 0 Å². The lowest BCUT2D eigenvalue weighted by molar-refractivity contribution is -0.121. The molecule has 9 nitrogen and oxygen atoms in total. The summed E-state index contributed by atoms with van der Waals surface area (Å²) in [6, 6.07) is 8.23. The van der Waals surface area contributed by atoms with Crippen LogP contribution in [0.4, 0.5) is 5.82 Å². The van der Waals surface area contributed by atoms with E-state index in [1.807, 2.05) is 0 Å². The van der Waals surface area contributed by atoms with Gasteiger partial charge >= 0.3 is 0 Å². The molecule has 2 aromatic rings. The summed E-state index contributed by atoms with van der Waals surface area (Å²) in [5.41, 5.74) is 4.16. The summed E-state index contributed by atoms with van der Waals surface area (Å²) in [4.78, 5) is 35.1. The standard InChI is InChI=1S/C22H28N6O3/c1-15-2-3-16-4-5-27(9-17(16)6-15)12-19(30)8-23-22(31)20-7-21(25-13-24-20)26-18-10-28(11-18)14-29/h2-3,6-7,13-14,18-19,30H,4-5,8-12H2,1H3,(H,23,31)(H,24,25,26). The fourth-order valence-corrected chi connectivity index (χ4v) is 4.02. The van der Waals surface area contributed by atoms with Crippen molar-refractivity contribution in [2.75, 3.05) is 38.0 Å². The van der Waals surface area contributed by atoms with Crippen LogP contribution in [0.1, 0.15) is 27.2 Å². The largest absolute Gasteiger partial charge is 0.390 e. The Morgan fingerprint density at radius 3 is 2.94 bits per heavy atom. The second-order valence-electron chi connectivity index (χ2n) is 8.31. The summed E-state index contributed by atoms with van der Waals surface area (Å²) < 4.78 is 0. The molecule has 4 rings (SSSR count). The van der Waals surface area contributed by atoms with Crippen LogP contribution in [0, 0.1) is 6.92 Å². The van der Waals surface area contributed by atoms with Crippen LogP contribution < -0.4 is 10.6 Å². The SMILES string of the molecule is Cc1ccc2c(c1)CN(CC(O)CNC(=O)c1cc(NC3CN(C=O)C3)ncn1)CC2. The Kier molecular flexibility index (Phi) is 6.43. The third kappa shape index (κ3) is 5.36. The minimum atomic E-state index is -0.668. The van der Waals surface area contributed by atoms with Crippen LogP contribution in [0.5, 0.6) is 0 Å². The van der Waals surface area contributed by atoms with E-state index in [1.54, 1.807) is 11.0 Å². The number of amides is 2. The van der Waals surface area contributed by atoms with Gasteiger partial charge in [0.1, 0.15) is 17.8 Å². The molecule has 9 heteroatoms. The number of fused-ring (bicyclic) bond motifs is 1. The maximum atomic E-state index is 12.5. The van der Waals surface area contributed by atoms with E-state index in [0.29, 0.717) is 25.5 Å². The molecule has 0 spiro atoms. The van der Waals surface area contributed by atoms with E-state index < -0.39 is 6.10 Å². The van der Waals surface area contributed by atoms with Gasteiger partial charge in [-0.25, -0.2) is 9.97 Å². The number of aliphatic hydroxyl groups is 1. The molecule has 0 radical (unpaired) electrons. The lowest BCUT2D eigenvalue weighted by Gasteiger charge is -2.36. The zero-order valence-corrected chi connectivity index (χ0v) is 17.6. The van der Waals surface area contributed by atoms with Crippen molar-refractivity contribution in [2.24, 2.45) is 0 Å². The summed E-state index contributed by atoms with van der Waals surface area (Å²) in [5.74, 6) is 0.186. The van der Waals surface area contributed by atoms with Crippen LogP contribution in [0.15, 0.2) is 30.6 Å². The number of rotatable bonds is 8. The fraction of sp³-hybridized carbons (Fsp3) is 0.455. The molecule has 3 heterocycles. The van der Waals surface area contributed by atoms with Crippen LogP contribution in [0.2, 0.25) is 0 Å². The quantitative estimate of drug-likeness (QED) is 0.519. The molecule has 1 aromatic heterocycles. The van der Waals surface area contributed by atoms with Crippen molar-refractivity contribution in [2.45, 2.75) is 32.0 Å². The van der Waals surface area contributed by atoms with Gasteiger partial charge in [-0.15, -0.1) is 0 Å². The highest BCUT2D eigenvalue weighted by Gasteiger charge is 2.25. The van der Waals surface area contributed by atoms with Gasteiger partial charge in [0.15, 0.2) is 0 Å². The number of β-amino-alcohol motifs (C(OH)–C–C–N with tert-alkyl or cyclic N) is 1. The summed E-state index contributed by atoms with van der Waals surface area (Å²) in [5, 5.41) is 16.4. The normalized spacial score (nSPS) is 17.4. The predicted molar refractivity (Wildman–Crippen MR) is 116 cm³/mol. The number of carbonyl (C=O) groups excluding carboxylic acids is 2. The van der Waals surface area contributed by atoms with Gasteiger partial charge < -0.3 is 20.6 Å². The summed E-state index contributed by atoms with van der Waals surface area (Å²) in [6.45, 7) is 5.67. The number of benzene rings is 1. The summed E-state index contributed by atoms with van der Waals surface area (Å²) >= 11 is 0. The van der Waals surface area contributed by atoms with E-state index in [0.717, 1.165) is 25.9 Å². The number of aliphatic hydroxyl groups excluding tert-OH is 1. The fourth-order valence-electron chi connectivity index (χ4n) is 4.02. The summed E-state index contributed by atoms with van der Waals surface area (Å²) in [7, 11) is 0. The average Bonchev–Trinajstić information content (AvgIpc) is 2.74. The number of nitrogens with zero attached hydrogens (tertiary/aromatic N) is 4. The average molecular weight is 425 g/mol. The third-order valence-electron chi connectivity index (χ3n) is 5.73. The number of hydrogen-bond acceptors (Lipinski definition) is 7. The van der Waals surface area contributed by atoms with E-state index in [-0.39, 0.29) is 24.2 Å². The topological polar surface area (TPSA) is 111 Å². The van der Waals surface area contributed by atoms with Crippen LogP contribution in [0.25, 0.3) is 0 Å². The number of aromatic nitrogens is 2. The molecule has 1 saturated heterocycles. The predicted octanol–water partition coefficient (Wildman–Crippen LogP) is 0.187. The maximum Gasteiger partial charge on any atom is 0.270 e. The van der Waals surface area contributed by atoms with Crippen molar-refractivity contribution in [1.29, 1.82) is 0 Å². The molecular weight excluding hydrogens is 396 g/mol. The lowest BCUT2D eigenvalue weighted by Crippen LogP contribution is -2.53. The number of carbonyl (C=O) groups is 2. The van der Waals surface area contributed by atoms with Crippen LogP contribution in [0.3, 0.4) is 0 Å².